The van der Waals surface area contributed by atoms with Crippen molar-refractivity contribution in [2.45, 2.75) is 25.2 Å². The van der Waals surface area contributed by atoms with Crippen LogP contribution in [-0.4, -0.2) is 53.1 Å². The molecule has 0 bridgehead atoms. The molecule has 0 aliphatic carbocycles. The van der Waals surface area contributed by atoms with Crippen molar-refractivity contribution in [3.63, 3.8) is 0 Å². The Kier molecular flexibility index (Phi) is 6.39. The molecule has 1 amide bonds. The molecule has 2 aromatic carbocycles. The van der Waals surface area contributed by atoms with Crippen molar-refractivity contribution >= 4 is 17.8 Å². The zero-order valence-electron chi connectivity index (χ0n) is 15.2. The molecule has 1 aliphatic rings. The molecule has 0 spiro atoms. The van der Waals surface area contributed by atoms with Crippen molar-refractivity contribution in [3.05, 3.63) is 71.8 Å². The van der Waals surface area contributed by atoms with Gasteiger partial charge in [-0.3, -0.25) is 9.69 Å². The van der Waals surface area contributed by atoms with Gasteiger partial charge in [-0.15, -0.1) is 0 Å². The SMILES string of the molecule is O=C(COC(=O)C1CC(O)CN1C(=O)OCc1ccccc1)c1ccccc1. The highest BCUT2D eigenvalue weighted by Crippen LogP contribution is 2.21. The van der Waals surface area contributed by atoms with Crippen LogP contribution in [0.5, 0.6) is 0 Å². The van der Waals surface area contributed by atoms with Crippen LogP contribution < -0.4 is 0 Å². The molecule has 0 saturated carbocycles. The van der Waals surface area contributed by atoms with E-state index in [4.69, 9.17) is 9.47 Å². The van der Waals surface area contributed by atoms with Crippen molar-refractivity contribution in [1.82, 2.24) is 4.90 Å². The summed E-state index contributed by atoms with van der Waals surface area (Å²) in [5.74, 6) is -1.08. The smallest absolute Gasteiger partial charge is 0.410 e. The largest absolute Gasteiger partial charge is 0.456 e. The normalized spacial score (nSPS) is 18.5. The zero-order chi connectivity index (χ0) is 19.9. The summed E-state index contributed by atoms with van der Waals surface area (Å²) in [7, 11) is 0. The van der Waals surface area contributed by atoms with E-state index in [2.05, 4.69) is 0 Å². The van der Waals surface area contributed by atoms with E-state index in [0.29, 0.717) is 5.56 Å². The van der Waals surface area contributed by atoms with Crippen LogP contribution in [0.1, 0.15) is 22.3 Å². The topological polar surface area (TPSA) is 93.1 Å². The first-order valence-electron chi connectivity index (χ1n) is 8.95. The number of ketones is 1. The average Bonchev–Trinajstić information content (AvgIpc) is 3.13. The van der Waals surface area contributed by atoms with Gasteiger partial charge in [0.1, 0.15) is 12.6 Å². The third-order valence-electron chi connectivity index (χ3n) is 4.43. The van der Waals surface area contributed by atoms with E-state index in [9.17, 15) is 19.5 Å². The Morgan fingerprint density at radius 2 is 1.61 bits per heavy atom. The molecule has 0 aromatic heterocycles. The first-order chi connectivity index (χ1) is 13.5. The van der Waals surface area contributed by atoms with E-state index in [-0.39, 0.29) is 25.4 Å². The molecule has 0 radical (unpaired) electrons. The molecule has 1 aliphatic heterocycles. The number of likely N-dealkylation sites (tertiary alicyclic amines) is 1. The summed E-state index contributed by atoms with van der Waals surface area (Å²) in [6.07, 6.45) is -1.53. The van der Waals surface area contributed by atoms with E-state index >= 15 is 0 Å². The highest BCUT2D eigenvalue weighted by molar-refractivity contribution is 5.98. The van der Waals surface area contributed by atoms with Crippen LogP contribution >= 0.6 is 0 Å². The van der Waals surface area contributed by atoms with Crippen molar-refractivity contribution in [2.75, 3.05) is 13.2 Å². The Balaban J connectivity index is 1.55. The molecule has 2 aromatic rings. The van der Waals surface area contributed by atoms with Gasteiger partial charge in [-0.25, -0.2) is 9.59 Å². The number of carbonyl (C=O) groups excluding carboxylic acids is 3. The second-order valence-corrected chi connectivity index (χ2v) is 6.49. The van der Waals surface area contributed by atoms with Crippen molar-refractivity contribution in [3.8, 4) is 0 Å². The van der Waals surface area contributed by atoms with Crippen LogP contribution in [0.2, 0.25) is 0 Å². The molecule has 7 nitrogen and oxygen atoms in total. The minimum Gasteiger partial charge on any atom is -0.456 e. The number of aliphatic hydroxyl groups excluding tert-OH is 1. The number of nitrogens with zero attached hydrogens (tertiary/aromatic N) is 1. The van der Waals surface area contributed by atoms with E-state index < -0.39 is 30.8 Å². The summed E-state index contributed by atoms with van der Waals surface area (Å²) in [6.45, 7) is -0.400. The van der Waals surface area contributed by atoms with Gasteiger partial charge in [0.25, 0.3) is 0 Å². The van der Waals surface area contributed by atoms with Crippen molar-refractivity contribution in [2.24, 2.45) is 0 Å². The van der Waals surface area contributed by atoms with Crippen LogP contribution in [0.3, 0.4) is 0 Å². The highest BCUT2D eigenvalue weighted by atomic mass is 16.6. The Labute approximate surface area is 162 Å². The summed E-state index contributed by atoms with van der Waals surface area (Å²) in [5, 5.41) is 9.88. The third-order valence-corrected chi connectivity index (χ3v) is 4.43. The van der Waals surface area contributed by atoms with Gasteiger partial charge >= 0.3 is 12.1 Å². The fraction of sp³-hybridized carbons (Fsp3) is 0.286. The lowest BCUT2D eigenvalue weighted by molar-refractivity contribution is -0.147. The van der Waals surface area contributed by atoms with Crippen LogP contribution in [0.4, 0.5) is 4.79 Å². The lowest BCUT2D eigenvalue weighted by Crippen LogP contribution is -2.42. The average molecular weight is 383 g/mol. The van der Waals surface area contributed by atoms with Gasteiger partial charge in [-0.2, -0.15) is 0 Å². The van der Waals surface area contributed by atoms with Crippen LogP contribution in [0, 0.1) is 0 Å². The summed E-state index contributed by atoms with van der Waals surface area (Å²) in [5.41, 5.74) is 1.24. The second kappa shape index (κ2) is 9.14. The van der Waals surface area contributed by atoms with Gasteiger partial charge in [0.05, 0.1) is 12.6 Å². The molecule has 1 heterocycles. The zero-order valence-corrected chi connectivity index (χ0v) is 15.2. The monoisotopic (exact) mass is 383 g/mol. The predicted octanol–water partition coefficient (Wildman–Crippen LogP) is 2.18. The summed E-state index contributed by atoms with van der Waals surface area (Å²) < 4.78 is 10.3. The minimum atomic E-state index is -0.984. The predicted molar refractivity (Wildman–Crippen MR) is 99.5 cm³/mol. The molecule has 7 heteroatoms. The molecule has 1 N–H and O–H groups in total. The number of ether oxygens (including phenoxy) is 2. The highest BCUT2D eigenvalue weighted by Gasteiger charge is 2.41. The Bertz CT molecular complexity index is 823. The van der Waals surface area contributed by atoms with Gasteiger partial charge in [0.15, 0.2) is 12.4 Å². The molecular formula is C21H21NO6. The number of aliphatic hydroxyl groups is 1. The number of carbonyl (C=O) groups is 3. The maximum atomic E-state index is 12.4. The number of hydrogen-bond acceptors (Lipinski definition) is 6. The summed E-state index contributed by atoms with van der Waals surface area (Å²) in [4.78, 5) is 38.0. The van der Waals surface area contributed by atoms with Crippen molar-refractivity contribution < 1.29 is 29.0 Å². The molecule has 28 heavy (non-hydrogen) atoms. The quantitative estimate of drug-likeness (QED) is 0.607. The van der Waals surface area contributed by atoms with Gasteiger partial charge in [0, 0.05) is 12.0 Å². The number of hydrogen-bond donors (Lipinski definition) is 1. The van der Waals surface area contributed by atoms with Crippen LogP contribution in [0.15, 0.2) is 60.7 Å². The standard InChI is InChI=1S/C21H21NO6/c23-17-11-18(20(25)27-14-19(24)16-9-5-2-6-10-16)22(12-17)21(26)28-13-15-7-3-1-4-8-15/h1-10,17-18,23H,11-14H2. The van der Waals surface area contributed by atoms with E-state index in [0.717, 1.165) is 10.5 Å². The number of β-amino-alcohol motifs (C(OH)–C–C–N with tert-alkyl or cyclic N) is 1. The molecule has 3 rings (SSSR count). The summed E-state index contributed by atoms with van der Waals surface area (Å²) >= 11 is 0. The third kappa shape index (κ3) is 4.95. The molecule has 2 unspecified atom stereocenters. The molecular weight excluding hydrogens is 362 g/mol. The van der Waals surface area contributed by atoms with E-state index in [1.807, 2.05) is 30.3 Å². The first kappa shape index (κ1) is 19.6. The van der Waals surface area contributed by atoms with Gasteiger partial charge in [0.2, 0.25) is 0 Å². The minimum absolute atomic E-state index is 0.0278. The van der Waals surface area contributed by atoms with Crippen LogP contribution in [0.25, 0.3) is 0 Å². The van der Waals surface area contributed by atoms with Crippen molar-refractivity contribution in [1.29, 1.82) is 0 Å². The first-order valence-corrected chi connectivity index (χ1v) is 8.95. The molecule has 2 atom stereocenters. The number of rotatable bonds is 6. The fourth-order valence-electron chi connectivity index (χ4n) is 2.98. The fourth-order valence-corrected chi connectivity index (χ4v) is 2.98. The van der Waals surface area contributed by atoms with Gasteiger partial charge < -0.3 is 14.6 Å². The Hall–Kier alpha value is -3.19. The van der Waals surface area contributed by atoms with E-state index in [1.165, 1.54) is 0 Å². The Morgan fingerprint density at radius 1 is 0.964 bits per heavy atom. The lowest BCUT2D eigenvalue weighted by Gasteiger charge is -2.22. The van der Waals surface area contributed by atoms with E-state index in [1.54, 1.807) is 30.3 Å². The number of esters is 1. The maximum absolute atomic E-state index is 12.4. The molecule has 1 saturated heterocycles. The molecule has 1 fully saturated rings. The Morgan fingerprint density at radius 3 is 2.29 bits per heavy atom. The second-order valence-electron chi connectivity index (χ2n) is 6.49. The lowest BCUT2D eigenvalue weighted by atomic mass is 10.1. The number of amides is 1. The maximum Gasteiger partial charge on any atom is 0.410 e. The van der Waals surface area contributed by atoms with Gasteiger partial charge in [-0.05, 0) is 5.56 Å². The number of Topliss-reactive ketones (excluding diaryl/α,β-unsaturated/α-hetero) is 1. The van der Waals surface area contributed by atoms with Crippen LogP contribution in [-0.2, 0) is 20.9 Å². The van der Waals surface area contributed by atoms with Gasteiger partial charge in [-0.1, -0.05) is 60.7 Å². The summed E-state index contributed by atoms with van der Waals surface area (Å²) in [6, 6.07) is 16.6. The number of benzene rings is 2. The molecule has 146 valence electrons.